The van der Waals surface area contributed by atoms with Crippen molar-refractivity contribution in [3.63, 3.8) is 0 Å². The molecule has 1 aliphatic carbocycles. The zero-order chi connectivity index (χ0) is 15.9. The van der Waals surface area contributed by atoms with Crippen LogP contribution in [0.4, 0.5) is 0 Å². The van der Waals surface area contributed by atoms with E-state index in [1.807, 2.05) is 19.1 Å². The molecule has 0 radical (unpaired) electrons. The van der Waals surface area contributed by atoms with E-state index < -0.39 is 0 Å². The van der Waals surface area contributed by atoms with Crippen molar-refractivity contribution in [3.05, 3.63) is 58.7 Å². The van der Waals surface area contributed by atoms with E-state index in [1.54, 1.807) is 6.08 Å². The molecule has 0 saturated heterocycles. The lowest BCUT2D eigenvalue weighted by Gasteiger charge is -2.32. The number of allylic oxidation sites excluding steroid dienone is 10. The van der Waals surface area contributed by atoms with Crippen LogP contribution >= 0.6 is 0 Å². The second-order valence-electron chi connectivity index (χ2n) is 6.61. The third-order valence-electron chi connectivity index (χ3n) is 4.12. The van der Waals surface area contributed by atoms with Crippen molar-refractivity contribution in [1.29, 1.82) is 5.41 Å². The van der Waals surface area contributed by atoms with Crippen LogP contribution in [0.5, 0.6) is 0 Å². The summed E-state index contributed by atoms with van der Waals surface area (Å²) in [4.78, 5) is 0. The molecule has 0 spiro atoms. The first kappa shape index (κ1) is 17.4. The molecule has 0 atom stereocenters. The number of hydrogen-bond acceptors (Lipinski definition) is 1. The van der Waals surface area contributed by atoms with Crippen molar-refractivity contribution in [3.8, 4) is 0 Å². The Kier molecular flexibility index (Phi) is 6.61. The minimum absolute atomic E-state index is 0.304. The lowest BCUT2D eigenvalue weighted by molar-refractivity contribution is 0.377. The summed E-state index contributed by atoms with van der Waals surface area (Å²) in [7, 11) is 0. The first-order valence-corrected chi connectivity index (χ1v) is 7.77. The van der Waals surface area contributed by atoms with Gasteiger partial charge in [-0.15, -0.1) is 0 Å². The SMILES string of the molecule is CC1=C(/C=C/C(C)=C/C=C\C(C)=C\C=N)C(C)(C)CCC1. The Morgan fingerprint density at radius 2 is 1.76 bits per heavy atom. The smallest absolute Gasteiger partial charge is 0.0180 e. The zero-order valence-corrected chi connectivity index (χ0v) is 14.2. The van der Waals surface area contributed by atoms with Crippen LogP contribution in [0.3, 0.4) is 0 Å². The lowest BCUT2D eigenvalue weighted by atomic mass is 9.72. The largest absolute Gasteiger partial charge is 0.309 e. The minimum Gasteiger partial charge on any atom is -0.309 e. The fraction of sp³-hybridized carbons (Fsp3) is 0.450. The summed E-state index contributed by atoms with van der Waals surface area (Å²) in [5, 5.41) is 7.02. The van der Waals surface area contributed by atoms with E-state index in [2.05, 4.69) is 45.9 Å². The molecule has 114 valence electrons. The predicted octanol–water partition coefficient (Wildman–Crippen LogP) is 6.17. The minimum atomic E-state index is 0.304. The lowest BCUT2D eigenvalue weighted by Crippen LogP contribution is -2.19. The molecule has 0 aliphatic heterocycles. The molecule has 0 aromatic carbocycles. The van der Waals surface area contributed by atoms with E-state index in [9.17, 15) is 0 Å². The first-order valence-electron chi connectivity index (χ1n) is 7.77. The Labute approximate surface area is 130 Å². The maximum Gasteiger partial charge on any atom is 0.0180 e. The van der Waals surface area contributed by atoms with Crippen LogP contribution < -0.4 is 0 Å². The summed E-state index contributed by atoms with van der Waals surface area (Å²) >= 11 is 0. The van der Waals surface area contributed by atoms with Crippen molar-refractivity contribution >= 4 is 6.21 Å². The molecule has 0 aromatic rings. The summed E-state index contributed by atoms with van der Waals surface area (Å²) in [6.07, 6.45) is 17.6. The van der Waals surface area contributed by atoms with Gasteiger partial charge in [-0.05, 0) is 62.7 Å². The Balaban J connectivity index is 2.80. The topological polar surface area (TPSA) is 23.9 Å². The Morgan fingerprint density at radius 3 is 2.38 bits per heavy atom. The van der Waals surface area contributed by atoms with Gasteiger partial charge in [-0.2, -0.15) is 0 Å². The van der Waals surface area contributed by atoms with Gasteiger partial charge in [-0.1, -0.05) is 55.4 Å². The summed E-state index contributed by atoms with van der Waals surface area (Å²) in [5.41, 5.74) is 5.68. The predicted molar refractivity (Wildman–Crippen MR) is 94.9 cm³/mol. The van der Waals surface area contributed by atoms with Crippen molar-refractivity contribution in [1.82, 2.24) is 0 Å². The molecule has 0 aromatic heterocycles. The second kappa shape index (κ2) is 7.97. The van der Waals surface area contributed by atoms with E-state index >= 15 is 0 Å². The fourth-order valence-electron chi connectivity index (χ4n) is 2.82. The second-order valence-corrected chi connectivity index (χ2v) is 6.61. The molecule has 1 nitrogen and oxygen atoms in total. The highest BCUT2D eigenvalue weighted by Gasteiger charge is 2.26. The molecule has 21 heavy (non-hydrogen) atoms. The van der Waals surface area contributed by atoms with Gasteiger partial charge in [0.1, 0.15) is 0 Å². The third kappa shape index (κ3) is 5.71. The normalized spacial score (nSPS) is 20.6. The van der Waals surface area contributed by atoms with E-state index in [4.69, 9.17) is 5.41 Å². The molecule has 1 rings (SSSR count). The highest BCUT2D eigenvalue weighted by atomic mass is 14.3. The maximum absolute atomic E-state index is 7.02. The van der Waals surface area contributed by atoms with Crippen molar-refractivity contribution in [2.75, 3.05) is 0 Å². The highest BCUT2D eigenvalue weighted by molar-refractivity contribution is 5.69. The summed E-state index contributed by atoms with van der Waals surface area (Å²) < 4.78 is 0. The molecule has 1 aliphatic rings. The zero-order valence-electron chi connectivity index (χ0n) is 14.2. The summed E-state index contributed by atoms with van der Waals surface area (Å²) in [6.45, 7) is 11.1. The quantitative estimate of drug-likeness (QED) is 0.461. The molecule has 0 fully saturated rings. The van der Waals surface area contributed by atoms with Crippen molar-refractivity contribution in [2.45, 2.75) is 53.9 Å². The van der Waals surface area contributed by atoms with Crippen LogP contribution in [0.25, 0.3) is 0 Å². The van der Waals surface area contributed by atoms with Crippen LogP contribution in [0.1, 0.15) is 53.9 Å². The van der Waals surface area contributed by atoms with Gasteiger partial charge in [0.25, 0.3) is 0 Å². The molecule has 0 saturated carbocycles. The molecular weight excluding hydrogens is 254 g/mol. The van der Waals surface area contributed by atoms with Crippen LogP contribution in [0.15, 0.2) is 58.7 Å². The molecule has 1 heteroatoms. The van der Waals surface area contributed by atoms with Crippen molar-refractivity contribution < 1.29 is 0 Å². The van der Waals surface area contributed by atoms with Gasteiger partial charge in [0.15, 0.2) is 0 Å². The Hall–Kier alpha value is -1.63. The van der Waals surface area contributed by atoms with Crippen LogP contribution in [-0.4, -0.2) is 6.21 Å². The fourth-order valence-corrected chi connectivity index (χ4v) is 2.82. The van der Waals surface area contributed by atoms with Gasteiger partial charge in [-0.3, -0.25) is 0 Å². The van der Waals surface area contributed by atoms with E-state index in [1.165, 1.54) is 42.2 Å². The van der Waals surface area contributed by atoms with E-state index in [-0.39, 0.29) is 0 Å². The molecule has 1 N–H and O–H groups in total. The Bertz CT molecular complexity index is 522. The van der Waals surface area contributed by atoms with Gasteiger partial charge in [0.2, 0.25) is 0 Å². The number of nitrogens with one attached hydrogen (secondary N) is 1. The van der Waals surface area contributed by atoms with Crippen molar-refractivity contribution in [2.24, 2.45) is 5.41 Å². The van der Waals surface area contributed by atoms with Crippen LogP contribution in [0.2, 0.25) is 0 Å². The van der Waals surface area contributed by atoms with Gasteiger partial charge >= 0.3 is 0 Å². The van der Waals surface area contributed by atoms with Gasteiger partial charge in [0, 0.05) is 6.21 Å². The molecule has 0 unspecified atom stereocenters. The van der Waals surface area contributed by atoms with E-state index in [0.29, 0.717) is 5.41 Å². The molecule has 0 amide bonds. The highest BCUT2D eigenvalue weighted by Crippen LogP contribution is 2.40. The molecule has 0 bridgehead atoms. The first-order chi connectivity index (χ1) is 9.86. The number of rotatable bonds is 5. The summed E-state index contributed by atoms with van der Waals surface area (Å²) in [5.74, 6) is 0. The van der Waals surface area contributed by atoms with Gasteiger partial charge in [-0.25, -0.2) is 0 Å². The monoisotopic (exact) mass is 283 g/mol. The maximum atomic E-state index is 7.02. The van der Waals surface area contributed by atoms with Gasteiger partial charge in [0.05, 0.1) is 0 Å². The van der Waals surface area contributed by atoms with Crippen LogP contribution in [-0.2, 0) is 0 Å². The average molecular weight is 283 g/mol. The van der Waals surface area contributed by atoms with Gasteiger partial charge < -0.3 is 5.41 Å². The number of hydrogen-bond donors (Lipinski definition) is 1. The summed E-state index contributed by atoms with van der Waals surface area (Å²) in [6, 6.07) is 0. The van der Waals surface area contributed by atoms with Crippen LogP contribution in [0, 0.1) is 10.8 Å². The molecular formula is C20H29N. The standard InChI is InChI=1S/C20H29N/c1-16(8-6-9-17(2)13-15-21)11-12-19-18(3)10-7-14-20(19,4)5/h6,8-9,11-13,15,21H,7,10,14H2,1-5H3/b9-6-,12-11+,16-8+,17-13+,21-15?. The average Bonchev–Trinajstić information content (AvgIpc) is 2.37. The Morgan fingerprint density at radius 1 is 1.10 bits per heavy atom. The third-order valence-corrected chi connectivity index (χ3v) is 4.12. The van der Waals surface area contributed by atoms with E-state index in [0.717, 1.165) is 5.57 Å². The molecule has 0 heterocycles.